The van der Waals surface area contributed by atoms with E-state index >= 15 is 0 Å². The topological polar surface area (TPSA) is 100 Å². The zero-order valence-electron chi connectivity index (χ0n) is 11.7. The van der Waals surface area contributed by atoms with E-state index in [1.807, 2.05) is 12.1 Å². The first kappa shape index (κ1) is 14.2. The molecule has 0 aliphatic carbocycles. The minimum Gasteiger partial charge on any atom is -0.497 e. The Kier molecular flexibility index (Phi) is 4.49. The number of nitrogens with one attached hydrogen (secondary N) is 1. The van der Waals surface area contributed by atoms with Crippen molar-refractivity contribution >= 4 is 0 Å². The van der Waals surface area contributed by atoms with Crippen LogP contribution >= 0.6 is 0 Å². The Balaban J connectivity index is 2.26. The number of hydrazine groups is 1. The van der Waals surface area contributed by atoms with Crippen LogP contribution in [0, 0.1) is 0 Å². The average molecular weight is 278 g/mol. The first-order chi connectivity index (χ1) is 9.66. The second-order valence-electron chi connectivity index (χ2n) is 4.26. The van der Waals surface area contributed by atoms with Crippen LogP contribution in [0.25, 0.3) is 0 Å². The lowest BCUT2D eigenvalue weighted by Crippen LogP contribution is -2.30. The number of hydrogen-bond donors (Lipinski definition) is 2. The summed E-state index contributed by atoms with van der Waals surface area (Å²) in [7, 11) is 4.93. The molecule has 1 heterocycles. The maximum absolute atomic E-state index is 5.63. The van der Waals surface area contributed by atoms with Crippen LogP contribution in [0.1, 0.15) is 17.4 Å². The van der Waals surface area contributed by atoms with Crippen molar-refractivity contribution in [3.05, 3.63) is 29.6 Å². The quantitative estimate of drug-likeness (QED) is 0.565. The van der Waals surface area contributed by atoms with Gasteiger partial charge in [-0.2, -0.15) is 4.80 Å². The lowest BCUT2D eigenvalue weighted by Gasteiger charge is -2.16. The van der Waals surface area contributed by atoms with Gasteiger partial charge in [0.2, 0.25) is 0 Å². The predicted molar refractivity (Wildman–Crippen MR) is 72.1 cm³/mol. The molecule has 0 saturated carbocycles. The minimum absolute atomic E-state index is 0.164. The zero-order chi connectivity index (χ0) is 14.5. The van der Waals surface area contributed by atoms with Gasteiger partial charge in [0.1, 0.15) is 11.5 Å². The lowest BCUT2D eigenvalue weighted by molar-refractivity contribution is 0.391. The van der Waals surface area contributed by atoms with Crippen molar-refractivity contribution in [1.82, 2.24) is 25.6 Å². The van der Waals surface area contributed by atoms with E-state index in [-0.39, 0.29) is 6.04 Å². The molecule has 20 heavy (non-hydrogen) atoms. The van der Waals surface area contributed by atoms with Gasteiger partial charge in [0, 0.05) is 12.5 Å². The Hall–Kier alpha value is -2.19. The molecule has 0 aliphatic heterocycles. The van der Waals surface area contributed by atoms with Gasteiger partial charge in [-0.1, -0.05) is 0 Å². The van der Waals surface area contributed by atoms with E-state index in [0.717, 1.165) is 5.56 Å². The van der Waals surface area contributed by atoms with Crippen molar-refractivity contribution in [3.8, 4) is 11.5 Å². The van der Waals surface area contributed by atoms with Gasteiger partial charge >= 0.3 is 0 Å². The Morgan fingerprint density at radius 3 is 2.35 bits per heavy atom. The second-order valence-corrected chi connectivity index (χ2v) is 4.26. The molecule has 2 aromatic rings. The highest BCUT2D eigenvalue weighted by atomic mass is 16.5. The fourth-order valence-electron chi connectivity index (χ4n) is 1.89. The van der Waals surface area contributed by atoms with Crippen molar-refractivity contribution in [1.29, 1.82) is 0 Å². The van der Waals surface area contributed by atoms with E-state index < -0.39 is 0 Å². The van der Waals surface area contributed by atoms with E-state index in [0.29, 0.717) is 23.7 Å². The van der Waals surface area contributed by atoms with Gasteiger partial charge in [-0.05, 0) is 22.9 Å². The van der Waals surface area contributed by atoms with Crippen LogP contribution in [0.3, 0.4) is 0 Å². The molecule has 0 radical (unpaired) electrons. The van der Waals surface area contributed by atoms with E-state index in [1.165, 1.54) is 4.80 Å². The van der Waals surface area contributed by atoms with Crippen LogP contribution in [0.5, 0.6) is 11.5 Å². The first-order valence-electron chi connectivity index (χ1n) is 6.08. The molecule has 1 unspecified atom stereocenters. The summed E-state index contributed by atoms with van der Waals surface area (Å²) >= 11 is 0. The molecule has 0 fully saturated rings. The van der Waals surface area contributed by atoms with Gasteiger partial charge < -0.3 is 9.47 Å². The van der Waals surface area contributed by atoms with Gasteiger partial charge in [0.25, 0.3) is 0 Å². The van der Waals surface area contributed by atoms with E-state index in [1.54, 1.807) is 27.3 Å². The van der Waals surface area contributed by atoms with Crippen LogP contribution in [0.4, 0.5) is 0 Å². The van der Waals surface area contributed by atoms with Gasteiger partial charge in [0.15, 0.2) is 5.82 Å². The van der Waals surface area contributed by atoms with Crippen molar-refractivity contribution in [2.45, 2.75) is 12.5 Å². The highest BCUT2D eigenvalue weighted by Gasteiger charge is 2.16. The fraction of sp³-hybridized carbons (Fsp3) is 0.417. The summed E-state index contributed by atoms with van der Waals surface area (Å²) in [6, 6.07) is 5.42. The lowest BCUT2D eigenvalue weighted by atomic mass is 10.0. The van der Waals surface area contributed by atoms with E-state index in [4.69, 9.17) is 15.3 Å². The average Bonchev–Trinajstić information content (AvgIpc) is 2.89. The number of methoxy groups -OCH3 is 2. The Labute approximate surface area is 116 Å². The largest absolute Gasteiger partial charge is 0.497 e. The zero-order valence-corrected chi connectivity index (χ0v) is 11.7. The Morgan fingerprint density at radius 1 is 1.25 bits per heavy atom. The summed E-state index contributed by atoms with van der Waals surface area (Å²) in [4.78, 5) is 1.41. The maximum Gasteiger partial charge on any atom is 0.176 e. The number of nitrogens with zero attached hydrogens (tertiary/aromatic N) is 4. The standard InChI is InChI=1S/C12H18N6O2/c1-18-16-12(15-17-18)7-11(14-13)8-4-9(19-2)6-10(5-8)20-3/h4-6,11,14H,7,13H2,1-3H3. The van der Waals surface area contributed by atoms with Crippen molar-refractivity contribution in [3.63, 3.8) is 0 Å². The fourth-order valence-corrected chi connectivity index (χ4v) is 1.89. The molecule has 0 amide bonds. The molecule has 1 aromatic heterocycles. The third-order valence-electron chi connectivity index (χ3n) is 2.91. The number of aromatic nitrogens is 4. The molecule has 8 nitrogen and oxygen atoms in total. The molecule has 1 aromatic carbocycles. The number of nitrogens with two attached hydrogens (primary N) is 1. The summed E-state index contributed by atoms with van der Waals surface area (Å²) in [6.45, 7) is 0. The molecular weight excluding hydrogens is 260 g/mol. The summed E-state index contributed by atoms with van der Waals surface area (Å²) in [6.07, 6.45) is 0.515. The SMILES string of the molecule is COc1cc(OC)cc(C(Cc2nnn(C)n2)NN)c1. The smallest absolute Gasteiger partial charge is 0.176 e. The predicted octanol–water partition coefficient (Wildman–Crippen LogP) is -0.0256. The molecule has 0 bridgehead atoms. The van der Waals surface area contributed by atoms with Crippen molar-refractivity contribution in [2.24, 2.45) is 12.9 Å². The second kappa shape index (κ2) is 6.31. The summed E-state index contributed by atoms with van der Waals surface area (Å²) in [5.74, 6) is 7.64. The minimum atomic E-state index is -0.164. The normalized spacial score (nSPS) is 12.2. The molecule has 0 spiro atoms. The molecule has 1 atom stereocenters. The molecular formula is C12H18N6O2. The number of ether oxygens (including phenoxy) is 2. The number of hydrogen-bond acceptors (Lipinski definition) is 7. The number of tetrazole rings is 1. The molecule has 2 rings (SSSR count). The summed E-state index contributed by atoms with van der Waals surface area (Å²) in [5, 5.41) is 11.9. The summed E-state index contributed by atoms with van der Waals surface area (Å²) in [5.41, 5.74) is 3.68. The Morgan fingerprint density at radius 2 is 1.90 bits per heavy atom. The first-order valence-corrected chi connectivity index (χ1v) is 6.08. The molecule has 3 N–H and O–H groups in total. The van der Waals surface area contributed by atoms with Gasteiger partial charge in [-0.25, -0.2) is 0 Å². The molecule has 108 valence electrons. The van der Waals surface area contributed by atoms with Gasteiger partial charge in [-0.15, -0.1) is 10.2 Å². The number of aryl methyl sites for hydroxylation is 1. The van der Waals surface area contributed by atoms with Crippen LogP contribution in [0.15, 0.2) is 18.2 Å². The van der Waals surface area contributed by atoms with Crippen LogP contribution in [0.2, 0.25) is 0 Å². The van der Waals surface area contributed by atoms with Gasteiger partial charge in [-0.3, -0.25) is 11.3 Å². The third-order valence-corrected chi connectivity index (χ3v) is 2.91. The van der Waals surface area contributed by atoms with Crippen LogP contribution in [-0.4, -0.2) is 34.4 Å². The van der Waals surface area contributed by atoms with Crippen LogP contribution in [-0.2, 0) is 13.5 Å². The Bertz CT molecular complexity index is 549. The summed E-state index contributed by atoms with van der Waals surface area (Å²) < 4.78 is 10.5. The third kappa shape index (κ3) is 3.22. The van der Waals surface area contributed by atoms with E-state index in [9.17, 15) is 0 Å². The van der Waals surface area contributed by atoms with Crippen molar-refractivity contribution < 1.29 is 9.47 Å². The monoisotopic (exact) mass is 278 g/mol. The maximum atomic E-state index is 5.63. The van der Waals surface area contributed by atoms with E-state index in [2.05, 4.69) is 20.8 Å². The number of benzene rings is 1. The van der Waals surface area contributed by atoms with Crippen molar-refractivity contribution in [2.75, 3.05) is 14.2 Å². The molecule has 8 heteroatoms. The highest BCUT2D eigenvalue weighted by molar-refractivity contribution is 5.40. The van der Waals surface area contributed by atoms with Gasteiger partial charge in [0.05, 0.1) is 27.3 Å². The van der Waals surface area contributed by atoms with Crippen LogP contribution < -0.4 is 20.7 Å². The highest BCUT2D eigenvalue weighted by Crippen LogP contribution is 2.27. The molecule has 0 aliphatic rings. The number of rotatable bonds is 6. The molecule has 0 saturated heterocycles.